The molecule has 0 bridgehead atoms. The second-order valence-corrected chi connectivity index (χ2v) is 3.86. The number of nitrogens with zero attached hydrogens (tertiary/aromatic N) is 1. The van der Waals surface area contributed by atoms with E-state index in [1.165, 1.54) is 12.1 Å². The fourth-order valence-electron chi connectivity index (χ4n) is 1.37. The van der Waals surface area contributed by atoms with E-state index in [0.717, 1.165) is 4.90 Å². The summed E-state index contributed by atoms with van der Waals surface area (Å²) in [6.45, 7) is -0.154. The van der Waals surface area contributed by atoms with E-state index in [9.17, 15) is 14.0 Å². The molecule has 1 fully saturated rings. The van der Waals surface area contributed by atoms with Crippen molar-refractivity contribution in [1.82, 2.24) is 5.32 Å². The predicted molar refractivity (Wildman–Crippen MR) is 55.0 cm³/mol. The van der Waals surface area contributed by atoms with Gasteiger partial charge in [-0.05, 0) is 28.1 Å². The number of para-hydroxylation sites is 1. The number of rotatable bonds is 1. The number of hydrogen-bond acceptors (Lipinski definition) is 2. The number of carbonyl (C=O) groups is 2. The summed E-state index contributed by atoms with van der Waals surface area (Å²) in [7, 11) is 0. The SMILES string of the molecule is O=C1CN(c2c(F)cccc2Br)C(=O)N1. The highest BCUT2D eigenvalue weighted by Gasteiger charge is 2.31. The van der Waals surface area contributed by atoms with Crippen molar-refractivity contribution in [2.45, 2.75) is 0 Å². The summed E-state index contributed by atoms with van der Waals surface area (Å²) in [5.41, 5.74) is 0.0841. The van der Waals surface area contributed by atoms with Crippen LogP contribution in [0.5, 0.6) is 0 Å². The molecule has 1 aromatic carbocycles. The summed E-state index contributed by atoms with van der Waals surface area (Å²) in [6.07, 6.45) is 0. The fourth-order valence-corrected chi connectivity index (χ4v) is 1.93. The van der Waals surface area contributed by atoms with Gasteiger partial charge in [0, 0.05) is 4.47 Å². The van der Waals surface area contributed by atoms with Crippen LogP contribution in [0.2, 0.25) is 0 Å². The standard InChI is InChI=1S/C9H6BrFN2O2/c10-5-2-1-3-6(11)8(5)13-4-7(14)12-9(13)15/h1-3H,4H2,(H,12,14,15). The molecule has 4 nitrogen and oxygen atoms in total. The molecule has 2 rings (SSSR count). The lowest BCUT2D eigenvalue weighted by Crippen LogP contribution is -2.28. The molecule has 3 amide bonds. The number of nitrogens with one attached hydrogen (secondary N) is 1. The number of hydrogen-bond donors (Lipinski definition) is 1. The number of amides is 3. The van der Waals surface area contributed by atoms with E-state index in [1.54, 1.807) is 6.07 Å². The van der Waals surface area contributed by atoms with Crippen molar-refractivity contribution in [3.8, 4) is 0 Å². The van der Waals surface area contributed by atoms with Crippen molar-refractivity contribution < 1.29 is 14.0 Å². The van der Waals surface area contributed by atoms with Crippen LogP contribution < -0.4 is 10.2 Å². The summed E-state index contributed by atoms with van der Waals surface area (Å²) in [4.78, 5) is 23.3. The van der Waals surface area contributed by atoms with Crippen molar-refractivity contribution in [3.05, 3.63) is 28.5 Å². The molecule has 1 N–H and O–H groups in total. The van der Waals surface area contributed by atoms with Gasteiger partial charge in [-0.25, -0.2) is 9.18 Å². The van der Waals surface area contributed by atoms with Crippen LogP contribution in [0.3, 0.4) is 0 Å². The number of anilines is 1. The molecule has 0 aromatic heterocycles. The highest BCUT2D eigenvalue weighted by atomic mass is 79.9. The lowest BCUT2D eigenvalue weighted by atomic mass is 10.3. The molecule has 0 aliphatic carbocycles. The molecule has 1 aliphatic rings. The van der Waals surface area contributed by atoms with Gasteiger partial charge in [-0.3, -0.25) is 15.0 Å². The summed E-state index contributed by atoms with van der Waals surface area (Å²) in [6, 6.07) is 3.74. The molecule has 0 unspecified atom stereocenters. The highest BCUT2D eigenvalue weighted by molar-refractivity contribution is 9.10. The van der Waals surface area contributed by atoms with Gasteiger partial charge in [0.1, 0.15) is 12.4 Å². The molecule has 0 atom stereocenters. The predicted octanol–water partition coefficient (Wildman–Crippen LogP) is 1.64. The lowest BCUT2D eigenvalue weighted by Gasteiger charge is -2.15. The first-order chi connectivity index (χ1) is 7.09. The van der Waals surface area contributed by atoms with Crippen molar-refractivity contribution in [2.75, 3.05) is 11.4 Å². The van der Waals surface area contributed by atoms with Crippen molar-refractivity contribution in [1.29, 1.82) is 0 Å². The minimum atomic E-state index is -0.606. The van der Waals surface area contributed by atoms with Gasteiger partial charge in [0.25, 0.3) is 0 Å². The van der Waals surface area contributed by atoms with Crippen LogP contribution in [-0.2, 0) is 4.79 Å². The largest absolute Gasteiger partial charge is 0.329 e. The van der Waals surface area contributed by atoms with Crippen LogP contribution in [-0.4, -0.2) is 18.5 Å². The third kappa shape index (κ3) is 1.72. The number of urea groups is 1. The van der Waals surface area contributed by atoms with Crippen molar-refractivity contribution in [3.63, 3.8) is 0 Å². The molecular weight excluding hydrogens is 267 g/mol. The smallest absolute Gasteiger partial charge is 0.281 e. The van der Waals surface area contributed by atoms with Crippen LogP contribution in [0.15, 0.2) is 22.7 Å². The highest BCUT2D eigenvalue weighted by Crippen LogP contribution is 2.30. The second-order valence-electron chi connectivity index (χ2n) is 3.01. The Bertz CT molecular complexity index is 429. The van der Waals surface area contributed by atoms with Crippen LogP contribution in [0, 0.1) is 5.82 Å². The maximum Gasteiger partial charge on any atom is 0.329 e. The van der Waals surface area contributed by atoms with Crippen molar-refractivity contribution >= 4 is 33.6 Å². The number of carbonyl (C=O) groups excluding carboxylic acids is 2. The topological polar surface area (TPSA) is 49.4 Å². The minimum absolute atomic E-state index is 0.0841. The minimum Gasteiger partial charge on any atom is -0.281 e. The summed E-state index contributed by atoms with van der Waals surface area (Å²) >= 11 is 3.13. The van der Waals surface area contributed by atoms with E-state index >= 15 is 0 Å². The quantitative estimate of drug-likeness (QED) is 0.791. The molecule has 1 aliphatic heterocycles. The van der Waals surface area contributed by atoms with E-state index < -0.39 is 17.8 Å². The Morgan fingerprint density at radius 2 is 2.13 bits per heavy atom. The van der Waals surface area contributed by atoms with Crippen LogP contribution in [0.4, 0.5) is 14.9 Å². The average Bonchev–Trinajstić information content (AvgIpc) is 2.45. The Morgan fingerprint density at radius 1 is 1.40 bits per heavy atom. The number of imide groups is 1. The fraction of sp³-hybridized carbons (Fsp3) is 0.111. The first-order valence-electron chi connectivity index (χ1n) is 4.15. The summed E-state index contributed by atoms with van der Waals surface area (Å²) in [5, 5.41) is 2.08. The van der Waals surface area contributed by atoms with E-state index in [2.05, 4.69) is 21.2 Å². The van der Waals surface area contributed by atoms with Gasteiger partial charge in [0.15, 0.2) is 0 Å². The van der Waals surface area contributed by atoms with Crippen LogP contribution >= 0.6 is 15.9 Å². The Morgan fingerprint density at radius 3 is 2.67 bits per heavy atom. The molecule has 1 heterocycles. The number of halogens is 2. The van der Waals surface area contributed by atoms with Crippen molar-refractivity contribution in [2.24, 2.45) is 0 Å². The van der Waals surface area contributed by atoms with Gasteiger partial charge in [-0.1, -0.05) is 6.07 Å². The van der Waals surface area contributed by atoms with Crippen LogP contribution in [0.25, 0.3) is 0 Å². The first-order valence-corrected chi connectivity index (χ1v) is 4.94. The zero-order valence-corrected chi connectivity index (χ0v) is 9.04. The molecule has 0 saturated carbocycles. The summed E-state index contributed by atoms with van der Waals surface area (Å²) < 4.78 is 13.9. The molecular formula is C9H6BrFN2O2. The Balaban J connectivity index is 2.46. The summed E-state index contributed by atoms with van der Waals surface area (Å²) in [5.74, 6) is -0.982. The lowest BCUT2D eigenvalue weighted by molar-refractivity contribution is -0.117. The molecule has 6 heteroatoms. The molecule has 15 heavy (non-hydrogen) atoms. The Hall–Kier alpha value is -1.43. The van der Waals surface area contributed by atoms with E-state index in [0.29, 0.717) is 4.47 Å². The third-order valence-corrected chi connectivity index (χ3v) is 2.64. The molecule has 1 saturated heterocycles. The zero-order valence-electron chi connectivity index (χ0n) is 7.46. The van der Waals surface area contributed by atoms with E-state index in [-0.39, 0.29) is 12.2 Å². The number of benzene rings is 1. The first kappa shape index (κ1) is 10.1. The van der Waals surface area contributed by atoms with Crippen LogP contribution in [0.1, 0.15) is 0 Å². The normalized spacial score (nSPS) is 15.7. The molecule has 78 valence electrons. The Kier molecular flexibility index (Phi) is 2.44. The monoisotopic (exact) mass is 272 g/mol. The maximum atomic E-state index is 13.4. The average molecular weight is 273 g/mol. The third-order valence-electron chi connectivity index (χ3n) is 2.00. The maximum absolute atomic E-state index is 13.4. The molecule has 1 aromatic rings. The Labute approximate surface area is 93.2 Å². The van der Waals surface area contributed by atoms with E-state index in [4.69, 9.17) is 0 Å². The molecule has 0 radical (unpaired) electrons. The van der Waals surface area contributed by atoms with Gasteiger partial charge in [0.2, 0.25) is 5.91 Å². The van der Waals surface area contributed by atoms with Gasteiger partial charge in [0.05, 0.1) is 5.69 Å². The second kappa shape index (κ2) is 3.62. The molecule has 0 spiro atoms. The van der Waals surface area contributed by atoms with Gasteiger partial charge in [-0.2, -0.15) is 0 Å². The van der Waals surface area contributed by atoms with Gasteiger partial charge in [-0.15, -0.1) is 0 Å². The van der Waals surface area contributed by atoms with E-state index in [1.807, 2.05) is 0 Å². The zero-order chi connectivity index (χ0) is 11.0. The van der Waals surface area contributed by atoms with Gasteiger partial charge < -0.3 is 0 Å². The van der Waals surface area contributed by atoms with Gasteiger partial charge >= 0.3 is 6.03 Å².